The molecule has 0 saturated carbocycles. The van der Waals surface area contributed by atoms with Crippen LogP contribution in [0.3, 0.4) is 0 Å². The normalized spacial score (nSPS) is 15.0. The highest BCUT2D eigenvalue weighted by Gasteiger charge is 2.25. The second-order valence-corrected chi connectivity index (χ2v) is 10.2. The van der Waals surface area contributed by atoms with Crippen molar-refractivity contribution in [2.75, 3.05) is 24.3 Å². The van der Waals surface area contributed by atoms with Gasteiger partial charge < -0.3 is 26.1 Å². The summed E-state index contributed by atoms with van der Waals surface area (Å²) in [5.74, 6) is -0.683. The number of imidazole rings is 1. The van der Waals surface area contributed by atoms with Gasteiger partial charge in [-0.15, -0.1) is 5.10 Å². The molecule has 43 heavy (non-hydrogen) atoms. The first-order chi connectivity index (χ1) is 20.8. The van der Waals surface area contributed by atoms with E-state index in [0.29, 0.717) is 57.7 Å². The maximum atomic E-state index is 13.2. The number of anilines is 2. The molecular formula is C28H29ClN10O4. The predicted molar refractivity (Wildman–Crippen MR) is 160 cm³/mol. The maximum absolute atomic E-state index is 13.2. The van der Waals surface area contributed by atoms with Gasteiger partial charge in [0.25, 0.3) is 5.91 Å². The van der Waals surface area contributed by atoms with Crippen molar-refractivity contribution in [1.29, 1.82) is 0 Å². The fourth-order valence-corrected chi connectivity index (χ4v) is 4.93. The maximum Gasteiger partial charge on any atom is 0.411 e. The van der Waals surface area contributed by atoms with Gasteiger partial charge in [-0.2, -0.15) is 4.68 Å². The van der Waals surface area contributed by atoms with E-state index < -0.39 is 18.0 Å². The summed E-state index contributed by atoms with van der Waals surface area (Å²) in [5, 5.41) is 20.7. The molecule has 222 valence electrons. The van der Waals surface area contributed by atoms with Gasteiger partial charge in [-0.05, 0) is 65.7 Å². The Morgan fingerprint density at radius 1 is 1.16 bits per heavy atom. The Morgan fingerprint density at radius 2 is 2.02 bits per heavy atom. The molecule has 4 aromatic rings. The van der Waals surface area contributed by atoms with Crippen molar-refractivity contribution < 1.29 is 19.1 Å². The summed E-state index contributed by atoms with van der Waals surface area (Å²) >= 11 is 6.20. The van der Waals surface area contributed by atoms with Crippen LogP contribution in [0.5, 0.6) is 0 Å². The lowest BCUT2D eigenvalue weighted by Gasteiger charge is -2.17. The molecule has 0 fully saturated rings. The predicted octanol–water partition coefficient (Wildman–Crippen LogP) is 3.84. The number of aromatic nitrogens is 6. The first-order valence-electron chi connectivity index (χ1n) is 13.5. The van der Waals surface area contributed by atoms with E-state index in [4.69, 9.17) is 27.1 Å². The number of ether oxygens (including phenoxy) is 1. The highest BCUT2D eigenvalue weighted by Crippen LogP contribution is 2.34. The molecule has 0 radical (unpaired) electrons. The molecule has 6 N–H and O–H groups in total. The van der Waals surface area contributed by atoms with Gasteiger partial charge in [-0.25, -0.2) is 9.78 Å². The molecule has 5 rings (SSSR count). The molecule has 2 bridgehead atoms. The third-order valence-electron chi connectivity index (χ3n) is 6.81. The number of methoxy groups -OCH3 is 1. The van der Waals surface area contributed by atoms with E-state index in [1.54, 1.807) is 42.5 Å². The summed E-state index contributed by atoms with van der Waals surface area (Å²) in [4.78, 5) is 45.2. The smallest absolute Gasteiger partial charge is 0.411 e. The summed E-state index contributed by atoms with van der Waals surface area (Å²) in [6.45, 7) is 0.640. The first kappa shape index (κ1) is 29.3. The Labute approximate surface area is 251 Å². The molecule has 2 aromatic carbocycles. The van der Waals surface area contributed by atoms with Crippen LogP contribution in [0.4, 0.5) is 16.2 Å². The Bertz CT molecular complexity index is 1670. The number of benzene rings is 2. The number of aromatic amines is 1. The first-order valence-corrected chi connectivity index (χ1v) is 13.8. The quantitative estimate of drug-likeness (QED) is 0.203. The topological polar surface area (TPSA) is 195 Å². The average molecular weight is 605 g/mol. The van der Waals surface area contributed by atoms with Crippen LogP contribution in [0.1, 0.15) is 53.6 Å². The minimum absolute atomic E-state index is 0.103. The van der Waals surface area contributed by atoms with Gasteiger partial charge in [0.05, 0.1) is 18.8 Å². The fraction of sp³-hybridized carbons (Fsp3) is 0.250. The number of nitrogens with zero attached hydrogens (tertiary/aromatic N) is 5. The summed E-state index contributed by atoms with van der Waals surface area (Å²) in [7, 11) is 1.28. The van der Waals surface area contributed by atoms with Gasteiger partial charge in [0.1, 0.15) is 23.5 Å². The molecule has 1 unspecified atom stereocenters. The van der Waals surface area contributed by atoms with Gasteiger partial charge in [-0.3, -0.25) is 14.9 Å². The zero-order valence-electron chi connectivity index (χ0n) is 23.1. The third kappa shape index (κ3) is 6.98. The Balaban J connectivity index is 1.45. The third-order valence-corrected chi connectivity index (χ3v) is 7.04. The average Bonchev–Trinajstić information content (AvgIpc) is 3.68. The van der Waals surface area contributed by atoms with Crippen molar-refractivity contribution in [3.63, 3.8) is 0 Å². The van der Waals surface area contributed by atoms with E-state index in [1.165, 1.54) is 24.2 Å². The number of tetrazole rings is 1. The number of nitrogens with one attached hydrogen (secondary N) is 4. The molecule has 0 saturated heterocycles. The molecule has 0 spiro atoms. The number of carbonyl (C=O) groups excluding carboxylic acids is 3. The molecule has 2 aromatic heterocycles. The summed E-state index contributed by atoms with van der Waals surface area (Å²) in [6, 6.07) is 9.77. The lowest BCUT2D eigenvalue weighted by molar-refractivity contribution is -0.117. The van der Waals surface area contributed by atoms with Crippen molar-refractivity contribution in [2.24, 2.45) is 5.73 Å². The standard InChI is InChI=1S/C28H29ClN10O4/c1-43-28(42)33-18-8-9-19-21(14-18)31-12-4-2-3-5-20(27-35-24(19)25(36-27)26(30)41)34-23(40)11-6-16-13-17(29)7-10-22(16)39-15-32-37-38-39/h6-11,13-15,20,31H,2-5,12H2,1H3,(H2,30,41)(H,33,42)(H,34,40)(H,35,36). The van der Waals surface area contributed by atoms with Gasteiger partial charge in [-0.1, -0.05) is 24.4 Å². The number of H-pyrrole nitrogens is 1. The van der Waals surface area contributed by atoms with Crippen LogP contribution in [-0.4, -0.2) is 61.7 Å². The number of primary amides is 1. The lowest BCUT2D eigenvalue weighted by atomic mass is 10.0. The largest absolute Gasteiger partial charge is 0.453 e. The van der Waals surface area contributed by atoms with E-state index in [2.05, 4.69) is 36.5 Å². The number of amides is 3. The van der Waals surface area contributed by atoms with Gasteiger partial charge in [0.15, 0.2) is 0 Å². The van der Waals surface area contributed by atoms with E-state index >= 15 is 0 Å². The van der Waals surface area contributed by atoms with Gasteiger partial charge in [0, 0.05) is 40.1 Å². The summed E-state index contributed by atoms with van der Waals surface area (Å²) in [6.07, 6.45) is 6.94. The molecule has 1 aliphatic rings. The van der Waals surface area contributed by atoms with E-state index in [1.807, 2.05) is 0 Å². The Kier molecular flexibility index (Phi) is 8.96. The number of nitrogens with two attached hydrogens (primary N) is 1. The summed E-state index contributed by atoms with van der Waals surface area (Å²) < 4.78 is 6.16. The van der Waals surface area contributed by atoms with Crippen LogP contribution in [0, 0.1) is 0 Å². The van der Waals surface area contributed by atoms with Crippen LogP contribution in [0.25, 0.3) is 23.0 Å². The number of hydrogen-bond acceptors (Lipinski definition) is 9. The van der Waals surface area contributed by atoms with Crippen LogP contribution in [0.15, 0.2) is 48.8 Å². The number of carbonyl (C=O) groups is 3. The van der Waals surface area contributed by atoms with Crippen LogP contribution >= 0.6 is 11.6 Å². The van der Waals surface area contributed by atoms with Crippen molar-refractivity contribution in [1.82, 2.24) is 35.5 Å². The molecule has 14 nitrogen and oxygen atoms in total. The highest BCUT2D eigenvalue weighted by molar-refractivity contribution is 6.30. The molecule has 1 aliphatic heterocycles. The SMILES string of the molecule is COC(=O)Nc1ccc2c(c1)NCCCCCC(NC(=O)C=Cc1cc(Cl)ccc1-n1cnnn1)c1nc-2c(C(N)=O)[nH]1. The van der Waals surface area contributed by atoms with E-state index in [0.717, 1.165) is 19.3 Å². The number of rotatable bonds is 6. The molecule has 0 aliphatic carbocycles. The molecular weight excluding hydrogens is 576 g/mol. The zero-order chi connectivity index (χ0) is 30.3. The fourth-order valence-electron chi connectivity index (χ4n) is 4.75. The Morgan fingerprint density at radius 3 is 2.79 bits per heavy atom. The minimum Gasteiger partial charge on any atom is -0.453 e. The van der Waals surface area contributed by atoms with Crippen molar-refractivity contribution in [3.8, 4) is 16.9 Å². The van der Waals surface area contributed by atoms with E-state index in [-0.39, 0.29) is 11.6 Å². The minimum atomic E-state index is -0.701. The molecule has 3 amide bonds. The molecule has 15 heteroatoms. The highest BCUT2D eigenvalue weighted by atomic mass is 35.5. The van der Waals surface area contributed by atoms with Crippen LogP contribution in [-0.2, 0) is 9.53 Å². The van der Waals surface area contributed by atoms with Crippen molar-refractivity contribution >= 4 is 47.0 Å². The van der Waals surface area contributed by atoms with Gasteiger partial charge >= 0.3 is 6.09 Å². The Hall–Kier alpha value is -5.24. The van der Waals surface area contributed by atoms with Crippen LogP contribution in [0.2, 0.25) is 5.02 Å². The lowest BCUT2D eigenvalue weighted by Crippen LogP contribution is -2.28. The second kappa shape index (κ2) is 13.2. The van der Waals surface area contributed by atoms with Crippen molar-refractivity contribution in [2.45, 2.75) is 31.7 Å². The van der Waals surface area contributed by atoms with E-state index in [9.17, 15) is 14.4 Å². The summed E-state index contributed by atoms with van der Waals surface area (Å²) in [5.41, 5.74) is 9.21. The number of hydrogen-bond donors (Lipinski definition) is 5. The number of halogens is 1. The number of fused-ring (bicyclic) bond motifs is 4. The molecule has 1 atom stereocenters. The zero-order valence-corrected chi connectivity index (χ0v) is 23.9. The van der Waals surface area contributed by atoms with Gasteiger partial charge in [0.2, 0.25) is 5.91 Å². The van der Waals surface area contributed by atoms with Crippen LogP contribution < -0.4 is 21.7 Å². The van der Waals surface area contributed by atoms with Crippen molar-refractivity contribution in [3.05, 3.63) is 70.9 Å². The monoisotopic (exact) mass is 604 g/mol. The molecule has 3 heterocycles. The second-order valence-electron chi connectivity index (χ2n) is 9.71.